The fraction of sp³-hybridized carbons (Fsp3) is 0.103. The third kappa shape index (κ3) is 4.74. The molecule has 1 amide bonds. The summed E-state index contributed by atoms with van der Waals surface area (Å²) in [6.07, 6.45) is 0.401. The Morgan fingerprint density at radius 3 is 2.23 bits per heavy atom. The first-order valence-corrected chi connectivity index (χ1v) is 12.1. The average molecular weight is 481 g/mol. The minimum absolute atomic E-state index is 0.151. The lowest BCUT2D eigenvalue weighted by atomic mass is 10.0. The number of amides is 1. The summed E-state index contributed by atoms with van der Waals surface area (Å²) >= 11 is 1.32. The van der Waals surface area contributed by atoms with E-state index in [1.54, 1.807) is 22.0 Å². The molecule has 0 aliphatic heterocycles. The van der Waals surface area contributed by atoms with Gasteiger partial charge >= 0.3 is 0 Å². The lowest BCUT2D eigenvalue weighted by Crippen LogP contribution is -2.38. The van der Waals surface area contributed by atoms with E-state index in [1.807, 2.05) is 103 Å². The van der Waals surface area contributed by atoms with E-state index in [-0.39, 0.29) is 11.5 Å². The van der Waals surface area contributed by atoms with Crippen LogP contribution in [0, 0.1) is 0 Å². The maximum atomic E-state index is 14.0. The second-order valence-electron chi connectivity index (χ2n) is 8.20. The van der Waals surface area contributed by atoms with Gasteiger partial charge in [-0.2, -0.15) is 0 Å². The second-order valence-corrected chi connectivity index (χ2v) is 9.22. The maximum absolute atomic E-state index is 14.0. The highest BCUT2D eigenvalue weighted by atomic mass is 32.1. The van der Waals surface area contributed by atoms with Crippen LogP contribution in [0.1, 0.15) is 11.6 Å². The molecule has 0 bridgehead atoms. The third-order valence-electron chi connectivity index (χ3n) is 5.88. The number of hydrogen-bond donors (Lipinski definition) is 0. The summed E-state index contributed by atoms with van der Waals surface area (Å²) in [5.74, 6) is 1.06. The normalized spacial score (nSPS) is 11.8. The van der Waals surface area contributed by atoms with Crippen molar-refractivity contribution in [2.45, 2.75) is 12.5 Å². The molecule has 1 atom stereocenters. The molecule has 1 heterocycles. The van der Waals surface area contributed by atoms with Crippen molar-refractivity contribution in [2.75, 3.05) is 11.9 Å². The number of ether oxygens (including phenoxy) is 1. The molecule has 0 saturated heterocycles. The van der Waals surface area contributed by atoms with Crippen molar-refractivity contribution in [1.29, 1.82) is 0 Å². The molecule has 4 aromatic carbocycles. The zero-order chi connectivity index (χ0) is 24.2. The quantitative estimate of drug-likeness (QED) is 0.275. The average Bonchev–Trinajstić information content (AvgIpc) is 3.24. The zero-order valence-electron chi connectivity index (χ0n) is 19.2. The van der Waals surface area contributed by atoms with E-state index >= 15 is 0 Å². The van der Waals surface area contributed by atoms with E-state index in [1.165, 1.54) is 11.5 Å². The Balaban J connectivity index is 1.54. The minimum atomic E-state index is -0.697. The molecular formula is C29H24N2O3S. The van der Waals surface area contributed by atoms with E-state index in [9.17, 15) is 9.59 Å². The van der Waals surface area contributed by atoms with Gasteiger partial charge in [-0.25, -0.2) is 0 Å². The van der Waals surface area contributed by atoms with Gasteiger partial charge < -0.3 is 9.64 Å². The van der Waals surface area contributed by atoms with Crippen LogP contribution in [-0.2, 0) is 11.2 Å². The van der Waals surface area contributed by atoms with Gasteiger partial charge in [0.2, 0.25) is 0 Å². The number of aromatic nitrogens is 1. The van der Waals surface area contributed by atoms with Gasteiger partial charge in [0.1, 0.15) is 11.8 Å². The first-order valence-electron chi connectivity index (χ1n) is 11.4. The summed E-state index contributed by atoms with van der Waals surface area (Å²) < 4.78 is 8.56. The van der Waals surface area contributed by atoms with Crippen molar-refractivity contribution in [1.82, 2.24) is 3.96 Å². The van der Waals surface area contributed by atoms with Crippen molar-refractivity contribution in [3.05, 3.63) is 125 Å². The number of rotatable bonds is 7. The topological polar surface area (TPSA) is 51.5 Å². The molecule has 1 aromatic heterocycles. The first-order chi connectivity index (χ1) is 17.1. The van der Waals surface area contributed by atoms with Crippen LogP contribution >= 0.6 is 11.5 Å². The lowest BCUT2D eigenvalue weighted by Gasteiger charge is -2.26. The third-order valence-corrected chi connectivity index (χ3v) is 7.05. The van der Waals surface area contributed by atoms with Crippen molar-refractivity contribution < 1.29 is 9.53 Å². The predicted octanol–water partition coefficient (Wildman–Crippen LogP) is 6.30. The Bertz CT molecular complexity index is 1510. The molecule has 0 spiro atoms. The van der Waals surface area contributed by atoms with Crippen LogP contribution in [0.15, 0.2) is 114 Å². The number of carbonyl (C=O) groups is 1. The standard InChI is InChI=1S/C29H24N2O3S/c1-30(24-17-9-10-18-26(24)34-22-14-6-3-7-15-22)29(33)25(20-21-12-4-2-5-13-21)31-28(32)23-16-8-11-19-27(23)35-31/h2-19,25H,20H2,1H3. The molecule has 0 saturated carbocycles. The van der Waals surface area contributed by atoms with E-state index in [4.69, 9.17) is 4.74 Å². The molecule has 174 valence electrons. The summed E-state index contributed by atoms with van der Waals surface area (Å²) in [6, 6.07) is 33.4. The summed E-state index contributed by atoms with van der Waals surface area (Å²) in [5, 5.41) is 0.624. The molecule has 0 N–H and O–H groups in total. The number of fused-ring (bicyclic) bond motifs is 1. The summed E-state index contributed by atoms with van der Waals surface area (Å²) in [7, 11) is 1.73. The Kier molecular flexibility index (Phi) is 6.46. The van der Waals surface area contributed by atoms with Crippen molar-refractivity contribution in [3.63, 3.8) is 0 Å². The molecule has 5 nitrogen and oxygen atoms in total. The molecule has 6 heteroatoms. The highest BCUT2D eigenvalue weighted by molar-refractivity contribution is 7.14. The van der Waals surface area contributed by atoms with Gasteiger partial charge in [0.15, 0.2) is 5.75 Å². The lowest BCUT2D eigenvalue weighted by molar-refractivity contribution is -0.121. The molecule has 5 aromatic rings. The van der Waals surface area contributed by atoms with Gasteiger partial charge in [-0.1, -0.05) is 84.3 Å². The molecule has 5 rings (SSSR count). The SMILES string of the molecule is CN(C(=O)C(Cc1ccccc1)n1sc2ccccc2c1=O)c1ccccc1Oc1ccccc1. The Hall–Kier alpha value is -4.16. The minimum Gasteiger partial charge on any atom is -0.455 e. The molecule has 35 heavy (non-hydrogen) atoms. The van der Waals surface area contributed by atoms with Crippen LogP contribution < -0.4 is 15.2 Å². The first kappa shape index (κ1) is 22.6. The number of carbonyl (C=O) groups excluding carboxylic acids is 1. The van der Waals surface area contributed by atoms with Crippen LogP contribution in [0.2, 0.25) is 0 Å². The number of benzene rings is 4. The smallest absolute Gasteiger partial charge is 0.269 e. The number of anilines is 1. The molecule has 0 radical (unpaired) electrons. The van der Waals surface area contributed by atoms with E-state index in [2.05, 4.69) is 0 Å². The van der Waals surface area contributed by atoms with Crippen molar-refractivity contribution in [3.8, 4) is 11.5 Å². The summed E-state index contributed by atoms with van der Waals surface area (Å²) in [4.78, 5) is 28.9. The number of para-hydroxylation sites is 3. The van der Waals surface area contributed by atoms with Crippen LogP contribution in [0.4, 0.5) is 5.69 Å². The summed E-state index contributed by atoms with van der Waals surface area (Å²) in [6.45, 7) is 0. The number of nitrogens with zero attached hydrogens (tertiary/aromatic N) is 2. The largest absolute Gasteiger partial charge is 0.455 e. The van der Waals surface area contributed by atoms with Gasteiger partial charge in [-0.15, -0.1) is 0 Å². The van der Waals surface area contributed by atoms with Gasteiger partial charge in [0.25, 0.3) is 11.5 Å². The van der Waals surface area contributed by atoms with Crippen LogP contribution in [0.25, 0.3) is 10.1 Å². The van der Waals surface area contributed by atoms with Crippen LogP contribution in [-0.4, -0.2) is 16.9 Å². The molecular weight excluding hydrogens is 456 g/mol. The highest BCUT2D eigenvalue weighted by Crippen LogP contribution is 2.33. The Morgan fingerprint density at radius 1 is 0.857 bits per heavy atom. The van der Waals surface area contributed by atoms with Crippen LogP contribution in [0.3, 0.4) is 0 Å². The number of likely N-dealkylation sites (N-methyl/N-ethyl adjacent to an activating group) is 1. The molecule has 0 aliphatic rings. The summed E-state index contributed by atoms with van der Waals surface area (Å²) in [5.41, 5.74) is 1.47. The van der Waals surface area contributed by atoms with Crippen molar-refractivity contribution >= 4 is 33.2 Å². The Morgan fingerprint density at radius 2 is 1.49 bits per heavy atom. The molecule has 1 unspecified atom stereocenters. The van der Waals surface area contributed by atoms with Gasteiger partial charge in [0.05, 0.1) is 15.8 Å². The van der Waals surface area contributed by atoms with Gasteiger partial charge in [-0.3, -0.25) is 13.5 Å². The van der Waals surface area contributed by atoms with E-state index in [0.717, 1.165) is 10.3 Å². The molecule has 0 fully saturated rings. The van der Waals surface area contributed by atoms with Crippen LogP contribution in [0.5, 0.6) is 11.5 Å². The van der Waals surface area contributed by atoms with Gasteiger partial charge in [-0.05, 0) is 42.0 Å². The maximum Gasteiger partial charge on any atom is 0.269 e. The highest BCUT2D eigenvalue weighted by Gasteiger charge is 2.29. The molecule has 0 aliphatic carbocycles. The Labute approximate surface area is 207 Å². The monoisotopic (exact) mass is 480 g/mol. The number of hydrogen-bond acceptors (Lipinski definition) is 4. The predicted molar refractivity (Wildman–Crippen MR) is 142 cm³/mol. The fourth-order valence-electron chi connectivity index (χ4n) is 4.08. The fourth-order valence-corrected chi connectivity index (χ4v) is 5.16. The zero-order valence-corrected chi connectivity index (χ0v) is 20.0. The van der Waals surface area contributed by atoms with E-state index in [0.29, 0.717) is 29.0 Å². The van der Waals surface area contributed by atoms with Crippen molar-refractivity contribution in [2.24, 2.45) is 0 Å². The van der Waals surface area contributed by atoms with Gasteiger partial charge in [0, 0.05) is 13.5 Å². The van der Waals surface area contributed by atoms with E-state index < -0.39 is 6.04 Å². The second kappa shape index (κ2) is 9.99.